The maximum atomic E-state index is 11.6. The summed E-state index contributed by atoms with van der Waals surface area (Å²) >= 11 is 0. The molecule has 0 radical (unpaired) electrons. The van der Waals surface area contributed by atoms with Crippen LogP contribution in [0.3, 0.4) is 0 Å². The summed E-state index contributed by atoms with van der Waals surface area (Å²) in [4.78, 5) is 9.58. The average molecular weight is 363 g/mol. The number of unbranched alkanes of at least 4 members (excludes halogenated alkanes) is 14. The topological polar surface area (TPSA) is 46.5 Å². The molecule has 4 heteroatoms. The van der Waals surface area contributed by atoms with Crippen molar-refractivity contribution in [1.29, 1.82) is 0 Å². The second kappa shape index (κ2) is 18.0. The molecule has 0 aliphatic rings. The molecule has 0 aliphatic carbocycles. The van der Waals surface area contributed by atoms with E-state index >= 15 is 0 Å². The van der Waals surface area contributed by atoms with Gasteiger partial charge in [-0.2, -0.15) is 0 Å². The van der Waals surface area contributed by atoms with E-state index in [0.717, 1.165) is 25.7 Å². The number of rotatable bonds is 19. The van der Waals surface area contributed by atoms with Gasteiger partial charge in [0.05, 0.1) is 6.61 Å². The minimum Gasteiger partial charge on any atom is -0.324 e. The van der Waals surface area contributed by atoms with E-state index < -0.39 is 7.60 Å². The Morgan fingerprint density at radius 2 is 1.00 bits per heavy atom. The molecule has 1 N–H and O–H groups in total. The van der Waals surface area contributed by atoms with Crippen molar-refractivity contribution < 1.29 is 14.0 Å². The molecule has 3 nitrogen and oxygen atoms in total. The molecule has 0 aromatic rings. The highest BCUT2D eigenvalue weighted by Gasteiger charge is 2.17. The lowest BCUT2D eigenvalue weighted by Gasteiger charge is -2.11. The first-order valence-electron chi connectivity index (χ1n) is 10.6. The average Bonchev–Trinajstić information content (AvgIpc) is 2.56. The molecule has 0 bridgehead atoms. The van der Waals surface area contributed by atoms with Crippen LogP contribution in [-0.4, -0.2) is 17.7 Å². The first kappa shape index (κ1) is 24.1. The van der Waals surface area contributed by atoms with E-state index in [1.54, 1.807) is 0 Å². The molecule has 0 aliphatic heterocycles. The van der Waals surface area contributed by atoms with Gasteiger partial charge in [0.25, 0.3) is 0 Å². The van der Waals surface area contributed by atoms with Crippen LogP contribution in [0, 0.1) is 0 Å². The molecule has 1 atom stereocenters. The third-order valence-corrected chi connectivity index (χ3v) is 6.05. The molecule has 24 heavy (non-hydrogen) atoms. The minimum atomic E-state index is -3.30. The molecule has 0 saturated carbocycles. The van der Waals surface area contributed by atoms with Crippen LogP contribution in [0.2, 0.25) is 0 Å². The summed E-state index contributed by atoms with van der Waals surface area (Å²) in [5.41, 5.74) is 0. The molecule has 1 unspecified atom stereocenters. The molecular formula is C20H43O3P. The van der Waals surface area contributed by atoms with Crippen molar-refractivity contribution in [3.63, 3.8) is 0 Å². The smallest absolute Gasteiger partial charge is 0.324 e. The highest BCUT2D eigenvalue weighted by Crippen LogP contribution is 2.42. The third-order valence-electron chi connectivity index (χ3n) is 4.59. The van der Waals surface area contributed by atoms with E-state index in [1.807, 2.05) is 6.92 Å². The SMILES string of the molecule is CCCCCCCCCCCCCCCCOP(=O)(O)CCCC. The van der Waals surface area contributed by atoms with Crippen LogP contribution in [-0.2, 0) is 9.09 Å². The molecule has 0 spiro atoms. The van der Waals surface area contributed by atoms with Crippen LogP contribution < -0.4 is 0 Å². The van der Waals surface area contributed by atoms with E-state index in [4.69, 9.17) is 4.52 Å². The van der Waals surface area contributed by atoms with Crippen LogP contribution in [0.5, 0.6) is 0 Å². The van der Waals surface area contributed by atoms with Crippen molar-refractivity contribution in [3.05, 3.63) is 0 Å². The van der Waals surface area contributed by atoms with Gasteiger partial charge < -0.3 is 9.42 Å². The van der Waals surface area contributed by atoms with Crippen molar-refractivity contribution in [2.45, 2.75) is 117 Å². The van der Waals surface area contributed by atoms with Crippen molar-refractivity contribution >= 4 is 7.60 Å². The predicted octanol–water partition coefficient (Wildman–Crippen LogP) is 7.47. The Kier molecular flexibility index (Phi) is 18.1. The van der Waals surface area contributed by atoms with Crippen molar-refractivity contribution in [2.75, 3.05) is 12.8 Å². The molecule has 0 aromatic carbocycles. The Hall–Kier alpha value is 0.150. The first-order chi connectivity index (χ1) is 11.6. The Morgan fingerprint density at radius 3 is 1.42 bits per heavy atom. The Bertz CT molecular complexity index is 295. The van der Waals surface area contributed by atoms with E-state index in [2.05, 4.69) is 6.92 Å². The van der Waals surface area contributed by atoms with Gasteiger partial charge in [0.1, 0.15) is 0 Å². The van der Waals surface area contributed by atoms with E-state index in [1.165, 1.54) is 77.0 Å². The maximum Gasteiger partial charge on any atom is 0.328 e. The van der Waals surface area contributed by atoms with Gasteiger partial charge in [0.15, 0.2) is 0 Å². The van der Waals surface area contributed by atoms with Gasteiger partial charge in [-0.1, -0.05) is 104 Å². The van der Waals surface area contributed by atoms with E-state index in [0.29, 0.717) is 12.8 Å². The van der Waals surface area contributed by atoms with E-state index in [9.17, 15) is 9.46 Å². The highest BCUT2D eigenvalue weighted by molar-refractivity contribution is 7.52. The number of hydrogen-bond acceptors (Lipinski definition) is 2. The van der Waals surface area contributed by atoms with Gasteiger partial charge in [-0.3, -0.25) is 4.57 Å². The quantitative estimate of drug-likeness (QED) is 0.191. The van der Waals surface area contributed by atoms with Crippen LogP contribution >= 0.6 is 7.60 Å². The van der Waals surface area contributed by atoms with Crippen LogP contribution in [0.15, 0.2) is 0 Å². The Balaban J connectivity index is 3.16. The largest absolute Gasteiger partial charge is 0.328 e. The minimum absolute atomic E-state index is 0.308. The standard InChI is InChI=1S/C20H43O3P/c1-3-5-7-8-9-10-11-12-13-14-15-16-17-18-19-23-24(21,22)20-6-4-2/h3-20H2,1-2H3,(H,21,22). The first-order valence-corrected chi connectivity index (χ1v) is 12.3. The zero-order valence-corrected chi connectivity index (χ0v) is 17.3. The molecule has 0 rings (SSSR count). The fourth-order valence-corrected chi connectivity index (χ4v) is 4.19. The zero-order valence-electron chi connectivity index (χ0n) is 16.4. The summed E-state index contributed by atoms with van der Waals surface area (Å²) in [6, 6.07) is 0. The second-order valence-corrected chi connectivity index (χ2v) is 9.12. The normalized spacial score (nSPS) is 14.0. The van der Waals surface area contributed by atoms with Gasteiger partial charge in [-0.05, 0) is 12.8 Å². The molecule has 0 aromatic heterocycles. The van der Waals surface area contributed by atoms with Gasteiger partial charge in [-0.15, -0.1) is 0 Å². The summed E-state index contributed by atoms with van der Waals surface area (Å²) in [6.45, 7) is 4.73. The van der Waals surface area contributed by atoms with Crippen molar-refractivity contribution in [2.24, 2.45) is 0 Å². The third kappa shape index (κ3) is 18.5. The lowest BCUT2D eigenvalue weighted by atomic mass is 10.0. The Morgan fingerprint density at radius 1 is 0.625 bits per heavy atom. The molecule has 0 heterocycles. The lowest BCUT2D eigenvalue weighted by molar-refractivity contribution is 0.252. The predicted molar refractivity (Wildman–Crippen MR) is 106 cm³/mol. The maximum absolute atomic E-state index is 11.6. The highest BCUT2D eigenvalue weighted by atomic mass is 31.2. The fraction of sp³-hybridized carbons (Fsp3) is 1.00. The van der Waals surface area contributed by atoms with Gasteiger partial charge in [0, 0.05) is 6.16 Å². The van der Waals surface area contributed by atoms with Crippen molar-refractivity contribution in [1.82, 2.24) is 0 Å². The molecule has 0 fully saturated rings. The summed E-state index contributed by atoms with van der Waals surface area (Å²) in [5, 5.41) is 0. The second-order valence-electron chi connectivity index (χ2n) is 7.14. The lowest BCUT2D eigenvalue weighted by Crippen LogP contribution is -1.97. The molecule has 0 saturated heterocycles. The van der Waals surface area contributed by atoms with Crippen LogP contribution in [0.1, 0.15) is 117 Å². The number of hydrogen-bond donors (Lipinski definition) is 1. The van der Waals surface area contributed by atoms with Gasteiger partial charge in [0.2, 0.25) is 0 Å². The van der Waals surface area contributed by atoms with Gasteiger partial charge in [-0.25, -0.2) is 0 Å². The van der Waals surface area contributed by atoms with Crippen molar-refractivity contribution in [3.8, 4) is 0 Å². The Labute approximate surface area is 151 Å². The molecular weight excluding hydrogens is 319 g/mol. The summed E-state index contributed by atoms with van der Waals surface area (Å²) in [5.74, 6) is 0. The fourth-order valence-electron chi connectivity index (χ4n) is 2.93. The van der Waals surface area contributed by atoms with Crippen LogP contribution in [0.25, 0.3) is 0 Å². The zero-order chi connectivity index (χ0) is 17.9. The summed E-state index contributed by atoms with van der Waals surface area (Å²) in [7, 11) is -3.30. The summed E-state index contributed by atoms with van der Waals surface area (Å²) in [6.07, 6.45) is 20.5. The van der Waals surface area contributed by atoms with Crippen LogP contribution in [0.4, 0.5) is 0 Å². The van der Waals surface area contributed by atoms with E-state index in [-0.39, 0.29) is 0 Å². The van der Waals surface area contributed by atoms with Gasteiger partial charge >= 0.3 is 7.60 Å². The monoisotopic (exact) mass is 362 g/mol. The summed E-state index contributed by atoms with van der Waals surface area (Å²) < 4.78 is 16.8. The molecule has 0 amide bonds. The molecule has 146 valence electrons.